The molecule has 0 saturated carbocycles. The van der Waals surface area contributed by atoms with Crippen molar-refractivity contribution >= 4 is 39.3 Å². The number of carbonyl (C=O) groups excluding carboxylic acids is 1. The topological polar surface area (TPSA) is 72.7 Å². The first-order valence-corrected chi connectivity index (χ1v) is 9.70. The Hall–Kier alpha value is -2.19. The minimum absolute atomic E-state index is 0.104. The number of nitrogens with one attached hydrogen (secondary N) is 1. The lowest BCUT2D eigenvalue weighted by atomic mass is 10.1. The van der Waals surface area contributed by atoms with E-state index in [4.69, 9.17) is 0 Å². The third kappa shape index (κ3) is 4.31. The molecule has 6 nitrogen and oxygen atoms in total. The molecule has 8 heteroatoms. The van der Waals surface area contributed by atoms with Gasteiger partial charge in [0.05, 0.1) is 10.9 Å². The molecular formula is C18H18BrN5OS. The molecule has 0 aliphatic heterocycles. The molecule has 134 valence electrons. The number of hydrogen-bond donors (Lipinski definition) is 1. The summed E-state index contributed by atoms with van der Waals surface area (Å²) >= 11 is 4.70. The first-order valence-electron chi connectivity index (χ1n) is 8.03. The summed E-state index contributed by atoms with van der Waals surface area (Å²) in [6, 6.07) is 13.6. The predicted octanol–water partition coefficient (Wildman–Crippen LogP) is 4.16. The molecule has 1 N–H and O–H groups in total. The monoisotopic (exact) mass is 431 g/mol. The maximum Gasteiger partial charge on any atom is 0.237 e. The van der Waals surface area contributed by atoms with E-state index in [9.17, 15) is 4.79 Å². The highest BCUT2D eigenvalue weighted by Crippen LogP contribution is 2.26. The zero-order chi connectivity index (χ0) is 18.7. The molecule has 1 amide bonds. The zero-order valence-electron chi connectivity index (χ0n) is 14.6. The fraction of sp³-hybridized carbons (Fsp3) is 0.222. The minimum atomic E-state index is -0.353. The van der Waals surface area contributed by atoms with E-state index in [2.05, 4.69) is 36.8 Å². The van der Waals surface area contributed by atoms with Crippen LogP contribution in [0.5, 0.6) is 0 Å². The van der Waals surface area contributed by atoms with Crippen LogP contribution >= 0.6 is 27.7 Å². The number of tetrazole rings is 1. The van der Waals surface area contributed by atoms with Crippen LogP contribution in [-0.4, -0.2) is 31.4 Å². The highest BCUT2D eigenvalue weighted by Gasteiger charge is 2.20. The number of halogens is 1. The lowest BCUT2D eigenvalue weighted by molar-refractivity contribution is -0.115. The van der Waals surface area contributed by atoms with Gasteiger partial charge in [-0.05, 0) is 72.7 Å². The van der Waals surface area contributed by atoms with Crippen molar-refractivity contribution < 1.29 is 4.79 Å². The maximum atomic E-state index is 12.5. The van der Waals surface area contributed by atoms with Crippen molar-refractivity contribution in [3.8, 4) is 5.69 Å². The number of thioether (sulfide) groups is 1. The molecule has 0 fully saturated rings. The van der Waals surface area contributed by atoms with Crippen LogP contribution < -0.4 is 5.32 Å². The second-order valence-electron chi connectivity index (χ2n) is 5.92. The lowest BCUT2D eigenvalue weighted by Gasteiger charge is -2.13. The van der Waals surface area contributed by atoms with Crippen molar-refractivity contribution in [3.05, 3.63) is 58.1 Å². The van der Waals surface area contributed by atoms with Gasteiger partial charge >= 0.3 is 0 Å². The number of aryl methyl sites for hydroxylation is 2. The number of hydrogen-bond acceptors (Lipinski definition) is 5. The Morgan fingerprint density at radius 3 is 2.65 bits per heavy atom. The van der Waals surface area contributed by atoms with E-state index >= 15 is 0 Å². The van der Waals surface area contributed by atoms with Crippen molar-refractivity contribution in [1.29, 1.82) is 0 Å². The average Bonchev–Trinajstić information content (AvgIpc) is 3.07. The summed E-state index contributed by atoms with van der Waals surface area (Å²) in [5.41, 5.74) is 3.85. The number of rotatable bonds is 5. The average molecular weight is 432 g/mol. The van der Waals surface area contributed by atoms with Crippen LogP contribution in [0.25, 0.3) is 5.69 Å². The van der Waals surface area contributed by atoms with Crippen LogP contribution in [0.2, 0.25) is 0 Å². The van der Waals surface area contributed by atoms with Crippen molar-refractivity contribution in [2.75, 3.05) is 5.32 Å². The molecule has 1 aromatic heterocycles. The Morgan fingerprint density at radius 1 is 1.19 bits per heavy atom. The summed E-state index contributed by atoms with van der Waals surface area (Å²) in [6.45, 7) is 5.87. The number of carbonyl (C=O) groups is 1. The van der Waals surface area contributed by atoms with Gasteiger partial charge in [0.15, 0.2) is 0 Å². The van der Waals surface area contributed by atoms with E-state index in [1.165, 1.54) is 11.8 Å². The molecule has 0 aliphatic carbocycles. The number of nitrogens with zero attached hydrogens (tertiary/aromatic N) is 4. The molecule has 26 heavy (non-hydrogen) atoms. The molecule has 0 radical (unpaired) electrons. The van der Waals surface area contributed by atoms with Crippen molar-refractivity contribution in [2.45, 2.75) is 31.2 Å². The molecule has 0 bridgehead atoms. The van der Waals surface area contributed by atoms with Crippen molar-refractivity contribution in [1.82, 2.24) is 20.2 Å². The molecule has 1 atom stereocenters. The molecule has 1 heterocycles. The number of aromatic nitrogens is 4. The standard InChI is InChI=1S/C18H18BrN5OS/c1-11-4-5-12(2)16(10-11)24-18(21-22-23-24)26-13(3)17(25)20-15-8-6-14(19)7-9-15/h4-10,13H,1-3H3,(H,20,25). The molecule has 3 aromatic rings. The van der Waals surface area contributed by atoms with Gasteiger partial charge in [-0.15, -0.1) is 5.10 Å². The Kier molecular flexibility index (Phi) is 5.73. The summed E-state index contributed by atoms with van der Waals surface area (Å²) in [7, 11) is 0. The first-order chi connectivity index (χ1) is 12.4. The van der Waals surface area contributed by atoms with E-state index < -0.39 is 0 Å². The lowest BCUT2D eigenvalue weighted by Crippen LogP contribution is -2.23. The van der Waals surface area contributed by atoms with Crippen LogP contribution in [0.15, 0.2) is 52.1 Å². The fourth-order valence-electron chi connectivity index (χ4n) is 2.34. The molecule has 2 aromatic carbocycles. The van der Waals surface area contributed by atoms with Crippen LogP contribution in [-0.2, 0) is 4.79 Å². The third-order valence-electron chi connectivity index (χ3n) is 3.80. The van der Waals surface area contributed by atoms with Gasteiger partial charge in [0, 0.05) is 10.2 Å². The highest BCUT2D eigenvalue weighted by atomic mass is 79.9. The summed E-state index contributed by atoms with van der Waals surface area (Å²) in [4.78, 5) is 12.5. The normalized spacial score (nSPS) is 12.0. The molecule has 0 saturated heterocycles. The minimum Gasteiger partial charge on any atom is -0.325 e. The Bertz CT molecular complexity index is 926. The Balaban J connectivity index is 1.75. The SMILES string of the molecule is Cc1ccc(C)c(-n2nnnc2SC(C)C(=O)Nc2ccc(Br)cc2)c1. The second kappa shape index (κ2) is 8.01. The van der Waals surface area contributed by atoms with Gasteiger partial charge in [0.2, 0.25) is 11.1 Å². The predicted molar refractivity (Wildman–Crippen MR) is 107 cm³/mol. The van der Waals surface area contributed by atoms with Gasteiger partial charge in [0.25, 0.3) is 0 Å². The van der Waals surface area contributed by atoms with Crippen LogP contribution in [0.3, 0.4) is 0 Å². The van der Waals surface area contributed by atoms with Gasteiger partial charge in [0.1, 0.15) is 0 Å². The van der Waals surface area contributed by atoms with Gasteiger partial charge in [-0.2, -0.15) is 4.68 Å². The molecule has 0 spiro atoms. The van der Waals surface area contributed by atoms with Crippen LogP contribution in [0.4, 0.5) is 5.69 Å². The Labute approximate surface area is 164 Å². The summed E-state index contributed by atoms with van der Waals surface area (Å²) in [6.07, 6.45) is 0. The largest absolute Gasteiger partial charge is 0.325 e. The third-order valence-corrected chi connectivity index (χ3v) is 5.36. The molecule has 3 rings (SSSR count). The quantitative estimate of drug-likeness (QED) is 0.613. The van der Waals surface area contributed by atoms with Crippen molar-refractivity contribution in [2.24, 2.45) is 0 Å². The summed E-state index contributed by atoms with van der Waals surface area (Å²) in [5.74, 6) is -0.104. The van der Waals surface area contributed by atoms with E-state index in [-0.39, 0.29) is 11.2 Å². The smallest absolute Gasteiger partial charge is 0.237 e. The van der Waals surface area contributed by atoms with E-state index in [1.807, 2.05) is 63.2 Å². The molecule has 0 aliphatic rings. The van der Waals surface area contributed by atoms with E-state index in [0.29, 0.717) is 5.16 Å². The fourth-order valence-corrected chi connectivity index (χ4v) is 3.40. The second-order valence-corrected chi connectivity index (χ2v) is 8.14. The van der Waals surface area contributed by atoms with E-state index in [0.717, 1.165) is 27.0 Å². The number of benzene rings is 2. The molecular weight excluding hydrogens is 414 g/mol. The van der Waals surface area contributed by atoms with Gasteiger partial charge < -0.3 is 5.32 Å². The first kappa shape index (κ1) is 18.6. The number of amides is 1. The van der Waals surface area contributed by atoms with Gasteiger partial charge in [-0.25, -0.2) is 0 Å². The van der Waals surface area contributed by atoms with Gasteiger partial charge in [-0.1, -0.05) is 39.8 Å². The van der Waals surface area contributed by atoms with Crippen LogP contribution in [0, 0.1) is 13.8 Å². The maximum absolute atomic E-state index is 12.5. The highest BCUT2D eigenvalue weighted by molar-refractivity contribution is 9.10. The Morgan fingerprint density at radius 2 is 1.92 bits per heavy atom. The number of anilines is 1. The van der Waals surface area contributed by atoms with Crippen molar-refractivity contribution in [3.63, 3.8) is 0 Å². The van der Waals surface area contributed by atoms with E-state index in [1.54, 1.807) is 4.68 Å². The summed E-state index contributed by atoms with van der Waals surface area (Å²) in [5, 5.41) is 15.1. The van der Waals surface area contributed by atoms with Gasteiger partial charge in [-0.3, -0.25) is 4.79 Å². The summed E-state index contributed by atoms with van der Waals surface area (Å²) < 4.78 is 2.64. The zero-order valence-corrected chi connectivity index (χ0v) is 17.0. The molecule has 1 unspecified atom stereocenters. The van der Waals surface area contributed by atoms with Crippen LogP contribution in [0.1, 0.15) is 18.1 Å².